The Bertz CT molecular complexity index is 1400. The van der Waals surface area contributed by atoms with Gasteiger partial charge < -0.3 is 18.9 Å². The minimum Gasteiger partial charge on any atom is -0.497 e. The van der Waals surface area contributed by atoms with Crippen LogP contribution in [0.3, 0.4) is 0 Å². The number of aromatic nitrogens is 2. The molecule has 0 unspecified atom stereocenters. The maximum absolute atomic E-state index is 12.8. The molecule has 0 radical (unpaired) electrons. The largest absolute Gasteiger partial charge is 0.497 e. The lowest BCUT2D eigenvalue weighted by atomic mass is 10.2. The molecule has 0 N–H and O–H groups in total. The Morgan fingerprint density at radius 2 is 1.97 bits per heavy atom. The molecule has 33 heavy (non-hydrogen) atoms. The summed E-state index contributed by atoms with van der Waals surface area (Å²) in [5, 5.41) is 16.1. The highest BCUT2D eigenvalue weighted by Crippen LogP contribution is 2.34. The van der Waals surface area contributed by atoms with Gasteiger partial charge in [-0.3, -0.25) is 14.8 Å². The molecule has 10 heteroatoms. The van der Waals surface area contributed by atoms with Crippen molar-refractivity contribution in [3.63, 3.8) is 0 Å². The highest BCUT2D eigenvalue weighted by atomic mass is 16.7. The van der Waals surface area contributed by atoms with Crippen molar-refractivity contribution in [2.45, 2.75) is 6.54 Å². The number of methoxy groups -OCH3 is 1. The third kappa shape index (κ3) is 3.89. The van der Waals surface area contributed by atoms with E-state index in [0.717, 1.165) is 0 Å². The number of hydrogen-bond donors (Lipinski definition) is 0. The number of carbonyl (C=O) groups excluding carboxylic acids is 1. The molecule has 0 saturated carbocycles. The van der Waals surface area contributed by atoms with E-state index in [1.54, 1.807) is 53.2 Å². The van der Waals surface area contributed by atoms with Gasteiger partial charge in [0.15, 0.2) is 11.5 Å². The van der Waals surface area contributed by atoms with E-state index >= 15 is 0 Å². The smallest absolute Gasteiger partial charge is 0.345 e. The maximum atomic E-state index is 12.8. The first kappa shape index (κ1) is 20.3. The predicted octanol–water partition coefficient (Wildman–Crippen LogP) is 3.95. The number of carbonyl (C=O) groups is 1. The number of rotatable bonds is 6. The van der Waals surface area contributed by atoms with Crippen molar-refractivity contribution in [1.82, 2.24) is 9.78 Å². The summed E-state index contributed by atoms with van der Waals surface area (Å²) >= 11 is 0. The van der Waals surface area contributed by atoms with Crippen LogP contribution in [0.4, 0.5) is 5.69 Å². The molecule has 5 rings (SSSR count). The van der Waals surface area contributed by atoms with Gasteiger partial charge in [0.25, 0.3) is 5.69 Å². The first-order valence-electron chi connectivity index (χ1n) is 9.91. The number of esters is 1. The normalized spacial score (nSPS) is 12.0. The standard InChI is InChI=1S/C23H17N3O7/c1-30-17-6-7-19-18(11-17)22(24-25(19)12-14-3-2-4-16(9-14)26(28)29)33-23(27)15-5-8-20-21(10-15)32-13-31-20/h2-11H,12-13H2,1H3. The molecular formula is C23H17N3O7. The van der Waals surface area contributed by atoms with Crippen LogP contribution in [0.25, 0.3) is 10.9 Å². The average molecular weight is 447 g/mol. The fourth-order valence-electron chi connectivity index (χ4n) is 3.56. The van der Waals surface area contributed by atoms with E-state index in [1.165, 1.54) is 19.2 Å². The molecule has 0 spiro atoms. The fraction of sp³-hybridized carbons (Fsp3) is 0.130. The summed E-state index contributed by atoms with van der Waals surface area (Å²) in [6.07, 6.45) is 0. The van der Waals surface area contributed by atoms with Gasteiger partial charge in [-0.25, -0.2) is 4.79 Å². The minimum absolute atomic E-state index is 0.0138. The van der Waals surface area contributed by atoms with E-state index in [1.807, 2.05) is 0 Å². The highest BCUT2D eigenvalue weighted by molar-refractivity contribution is 5.95. The maximum Gasteiger partial charge on any atom is 0.345 e. The topological polar surface area (TPSA) is 115 Å². The van der Waals surface area contributed by atoms with Crippen LogP contribution in [0.15, 0.2) is 60.7 Å². The van der Waals surface area contributed by atoms with Crippen LogP contribution in [0.2, 0.25) is 0 Å². The lowest BCUT2D eigenvalue weighted by molar-refractivity contribution is -0.384. The fourth-order valence-corrected chi connectivity index (χ4v) is 3.56. The Hall–Kier alpha value is -4.60. The molecule has 10 nitrogen and oxygen atoms in total. The van der Waals surface area contributed by atoms with Crippen molar-refractivity contribution in [3.8, 4) is 23.1 Å². The van der Waals surface area contributed by atoms with Crippen LogP contribution in [0.1, 0.15) is 15.9 Å². The number of nitro benzene ring substituents is 1. The Balaban J connectivity index is 1.50. The summed E-state index contributed by atoms with van der Waals surface area (Å²) in [6.45, 7) is 0.340. The van der Waals surface area contributed by atoms with Gasteiger partial charge in [-0.1, -0.05) is 12.1 Å². The number of hydrogen-bond acceptors (Lipinski definition) is 8. The highest BCUT2D eigenvalue weighted by Gasteiger charge is 2.21. The van der Waals surface area contributed by atoms with Crippen LogP contribution in [-0.2, 0) is 6.54 Å². The van der Waals surface area contributed by atoms with Crippen LogP contribution in [0, 0.1) is 10.1 Å². The minimum atomic E-state index is -0.613. The number of ether oxygens (including phenoxy) is 4. The zero-order chi connectivity index (χ0) is 22.9. The lowest BCUT2D eigenvalue weighted by Gasteiger charge is -2.04. The van der Waals surface area contributed by atoms with Crippen molar-refractivity contribution in [2.75, 3.05) is 13.9 Å². The summed E-state index contributed by atoms with van der Waals surface area (Å²) in [5.74, 6) is 1.07. The molecule has 0 atom stereocenters. The Morgan fingerprint density at radius 1 is 1.12 bits per heavy atom. The van der Waals surface area contributed by atoms with E-state index in [2.05, 4.69) is 5.10 Å². The summed E-state index contributed by atoms with van der Waals surface area (Å²) in [4.78, 5) is 23.5. The number of fused-ring (bicyclic) bond motifs is 2. The second kappa shape index (κ2) is 8.15. The second-order valence-corrected chi connectivity index (χ2v) is 7.23. The van der Waals surface area contributed by atoms with Crippen LogP contribution >= 0.6 is 0 Å². The van der Waals surface area contributed by atoms with Crippen molar-refractivity contribution in [2.24, 2.45) is 0 Å². The zero-order valence-electron chi connectivity index (χ0n) is 17.4. The Kier molecular flexibility index (Phi) is 5.02. The molecule has 166 valence electrons. The molecular weight excluding hydrogens is 430 g/mol. The molecule has 0 saturated heterocycles. The van der Waals surface area contributed by atoms with Crippen molar-refractivity contribution >= 4 is 22.6 Å². The van der Waals surface area contributed by atoms with Crippen LogP contribution in [-0.4, -0.2) is 34.6 Å². The van der Waals surface area contributed by atoms with Crippen LogP contribution < -0.4 is 18.9 Å². The number of nitrogens with zero attached hydrogens (tertiary/aromatic N) is 3. The summed E-state index contributed by atoms with van der Waals surface area (Å²) in [7, 11) is 1.53. The molecule has 4 aromatic rings. The molecule has 0 aliphatic carbocycles. The zero-order valence-corrected chi connectivity index (χ0v) is 17.4. The van der Waals surface area contributed by atoms with E-state index in [4.69, 9.17) is 18.9 Å². The monoisotopic (exact) mass is 447 g/mol. The molecule has 1 aliphatic rings. The summed E-state index contributed by atoms with van der Waals surface area (Å²) < 4.78 is 23.1. The number of benzene rings is 3. The van der Waals surface area contributed by atoms with E-state index in [0.29, 0.717) is 33.7 Å². The Morgan fingerprint density at radius 3 is 2.79 bits per heavy atom. The van der Waals surface area contributed by atoms with Gasteiger partial charge in [0.2, 0.25) is 12.7 Å². The predicted molar refractivity (Wildman–Crippen MR) is 116 cm³/mol. The second-order valence-electron chi connectivity index (χ2n) is 7.23. The first-order chi connectivity index (χ1) is 16.0. The van der Waals surface area contributed by atoms with Crippen molar-refractivity contribution in [1.29, 1.82) is 0 Å². The summed E-state index contributed by atoms with van der Waals surface area (Å²) in [6, 6.07) is 16.3. The number of nitro groups is 1. The molecule has 1 aromatic heterocycles. The van der Waals surface area contributed by atoms with Gasteiger partial charge in [0.1, 0.15) is 5.75 Å². The van der Waals surface area contributed by atoms with Gasteiger partial charge >= 0.3 is 5.97 Å². The van der Waals surface area contributed by atoms with E-state index in [-0.39, 0.29) is 30.5 Å². The average Bonchev–Trinajstić information content (AvgIpc) is 3.43. The Labute approximate surface area is 187 Å². The SMILES string of the molecule is COc1ccc2c(c1)c(OC(=O)c1ccc3c(c1)OCO3)nn2Cc1cccc([N+](=O)[O-])c1. The quantitative estimate of drug-likeness (QED) is 0.248. The van der Waals surface area contributed by atoms with Gasteiger partial charge in [-0.15, -0.1) is 5.10 Å². The molecule has 0 bridgehead atoms. The van der Waals surface area contributed by atoms with E-state index < -0.39 is 10.9 Å². The third-order valence-electron chi connectivity index (χ3n) is 5.18. The lowest BCUT2D eigenvalue weighted by Crippen LogP contribution is -2.09. The van der Waals surface area contributed by atoms with Gasteiger partial charge in [-0.2, -0.15) is 0 Å². The molecule has 0 fully saturated rings. The molecule has 0 amide bonds. The number of non-ortho nitro benzene ring substituents is 1. The van der Waals surface area contributed by atoms with E-state index in [9.17, 15) is 14.9 Å². The van der Waals surface area contributed by atoms with Gasteiger partial charge in [-0.05, 0) is 42.0 Å². The van der Waals surface area contributed by atoms with Crippen molar-refractivity contribution in [3.05, 3.63) is 81.9 Å². The molecule has 1 aliphatic heterocycles. The third-order valence-corrected chi connectivity index (χ3v) is 5.18. The van der Waals surface area contributed by atoms with Gasteiger partial charge in [0, 0.05) is 12.1 Å². The van der Waals surface area contributed by atoms with Gasteiger partial charge in [0.05, 0.1) is 35.0 Å². The summed E-state index contributed by atoms with van der Waals surface area (Å²) in [5.41, 5.74) is 1.62. The first-order valence-corrected chi connectivity index (χ1v) is 9.91. The molecule has 2 heterocycles. The van der Waals surface area contributed by atoms with Crippen molar-refractivity contribution < 1.29 is 28.7 Å². The van der Waals surface area contributed by atoms with Crippen LogP contribution in [0.5, 0.6) is 23.1 Å². The molecule has 3 aromatic carbocycles.